The lowest BCUT2D eigenvalue weighted by atomic mass is 10.3. The molecule has 0 bridgehead atoms. The van der Waals surface area contributed by atoms with Gasteiger partial charge in [-0.1, -0.05) is 20.3 Å². The molecule has 0 aliphatic rings. The molecule has 1 heterocycles. The van der Waals surface area contributed by atoms with Crippen molar-refractivity contribution in [3.8, 4) is 0 Å². The molecule has 0 unspecified atom stereocenters. The predicted octanol–water partition coefficient (Wildman–Crippen LogP) is 3.16. The lowest BCUT2D eigenvalue weighted by molar-refractivity contribution is 0.698. The van der Waals surface area contributed by atoms with Gasteiger partial charge in [0.05, 0.1) is 5.51 Å². The van der Waals surface area contributed by atoms with Crippen LogP contribution in [0.2, 0.25) is 0 Å². The van der Waals surface area contributed by atoms with Crippen molar-refractivity contribution >= 4 is 17.2 Å². The van der Waals surface area contributed by atoms with E-state index < -0.39 is 0 Å². The van der Waals surface area contributed by atoms with Gasteiger partial charge in [0.25, 0.3) is 0 Å². The van der Waals surface area contributed by atoms with Gasteiger partial charge in [0.1, 0.15) is 5.82 Å². The van der Waals surface area contributed by atoms with E-state index in [0.29, 0.717) is 0 Å². The van der Waals surface area contributed by atoms with E-state index in [1.54, 1.807) is 11.3 Å². The molecular weight excluding hydrogens is 180 g/mol. The van der Waals surface area contributed by atoms with E-state index in [4.69, 9.17) is 0 Å². The second-order valence-electron chi connectivity index (χ2n) is 3.19. The Bertz CT molecular complexity index is 209. The standard InChI is InChI=1S/C10H18N2S/c1-3-5-7-12(6-4-2)10-8-13-9-11-10/h8-9H,3-7H2,1-2H3. The van der Waals surface area contributed by atoms with Crippen LogP contribution in [0.3, 0.4) is 0 Å². The zero-order chi connectivity index (χ0) is 9.52. The van der Waals surface area contributed by atoms with Gasteiger partial charge >= 0.3 is 0 Å². The van der Waals surface area contributed by atoms with E-state index in [1.165, 1.54) is 19.3 Å². The van der Waals surface area contributed by atoms with Crippen molar-refractivity contribution in [2.24, 2.45) is 0 Å². The minimum Gasteiger partial charge on any atom is -0.356 e. The number of thiazole rings is 1. The fourth-order valence-corrected chi connectivity index (χ4v) is 1.88. The molecule has 0 fully saturated rings. The van der Waals surface area contributed by atoms with E-state index in [9.17, 15) is 0 Å². The molecule has 3 heteroatoms. The van der Waals surface area contributed by atoms with E-state index in [-0.39, 0.29) is 0 Å². The largest absolute Gasteiger partial charge is 0.356 e. The van der Waals surface area contributed by atoms with Gasteiger partial charge < -0.3 is 4.90 Å². The first-order valence-electron chi connectivity index (χ1n) is 5.01. The van der Waals surface area contributed by atoms with Crippen LogP contribution in [0, 0.1) is 0 Å². The Morgan fingerprint density at radius 3 is 2.69 bits per heavy atom. The van der Waals surface area contributed by atoms with Gasteiger partial charge in [0.15, 0.2) is 0 Å². The third kappa shape index (κ3) is 3.35. The fraction of sp³-hybridized carbons (Fsp3) is 0.700. The van der Waals surface area contributed by atoms with Crippen molar-refractivity contribution < 1.29 is 0 Å². The summed E-state index contributed by atoms with van der Waals surface area (Å²) >= 11 is 1.67. The van der Waals surface area contributed by atoms with Crippen LogP contribution in [-0.4, -0.2) is 18.1 Å². The summed E-state index contributed by atoms with van der Waals surface area (Å²) in [5.74, 6) is 1.15. The molecule has 1 aromatic heterocycles. The van der Waals surface area contributed by atoms with Gasteiger partial charge in [-0.15, -0.1) is 11.3 Å². The molecule has 0 aliphatic carbocycles. The average Bonchev–Trinajstić information content (AvgIpc) is 2.65. The van der Waals surface area contributed by atoms with Crippen LogP contribution >= 0.6 is 11.3 Å². The highest BCUT2D eigenvalue weighted by molar-refractivity contribution is 7.07. The predicted molar refractivity (Wildman–Crippen MR) is 59.5 cm³/mol. The molecule has 1 aromatic rings. The maximum Gasteiger partial charge on any atom is 0.139 e. The molecule has 74 valence electrons. The second-order valence-corrected chi connectivity index (χ2v) is 3.91. The molecule has 0 atom stereocenters. The van der Waals surface area contributed by atoms with E-state index in [1.807, 2.05) is 5.51 Å². The first-order valence-corrected chi connectivity index (χ1v) is 5.95. The highest BCUT2D eigenvalue weighted by Crippen LogP contribution is 2.14. The summed E-state index contributed by atoms with van der Waals surface area (Å²) in [4.78, 5) is 6.71. The maximum atomic E-state index is 4.33. The molecule has 13 heavy (non-hydrogen) atoms. The molecule has 0 amide bonds. The van der Waals surface area contributed by atoms with E-state index >= 15 is 0 Å². The molecular formula is C10H18N2S. The van der Waals surface area contributed by atoms with Crippen molar-refractivity contribution in [3.05, 3.63) is 10.9 Å². The molecule has 0 N–H and O–H groups in total. The zero-order valence-electron chi connectivity index (χ0n) is 8.49. The summed E-state index contributed by atoms with van der Waals surface area (Å²) < 4.78 is 0. The maximum absolute atomic E-state index is 4.33. The zero-order valence-corrected chi connectivity index (χ0v) is 9.31. The number of anilines is 1. The highest BCUT2D eigenvalue weighted by atomic mass is 32.1. The summed E-state index contributed by atoms with van der Waals surface area (Å²) in [6, 6.07) is 0. The fourth-order valence-electron chi connectivity index (χ4n) is 1.32. The minimum atomic E-state index is 1.13. The van der Waals surface area contributed by atoms with Crippen LogP contribution in [0.5, 0.6) is 0 Å². The Morgan fingerprint density at radius 1 is 1.31 bits per heavy atom. The van der Waals surface area contributed by atoms with Gasteiger partial charge in [-0.05, 0) is 12.8 Å². The Kier molecular flexibility index (Phi) is 4.83. The Labute approximate surface area is 84.6 Å². The first kappa shape index (κ1) is 10.5. The summed E-state index contributed by atoms with van der Waals surface area (Å²) in [6.45, 7) is 6.72. The topological polar surface area (TPSA) is 16.1 Å². The number of aromatic nitrogens is 1. The minimum absolute atomic E-state index is 1.13. The van der Waals surface area contributed by atoms with Crippen molar-refractivity contribution in [1.82, 2.24) is 4.98 Å². The van der Waals surface area contributed by atoms with Crippen LogP contribution < -0.4 is 4.90 Å². The second kappa shape index (κ2) is 5.97. The van der Waals surface area contributed by atoms with E-state index in [2.05, 4.69) is 29.1 Å². The quantitative estimate of drug-likeness (QED) is 0.698. The van der Waals surface area contributed by atoms with Gasteiger partial charge in [0.2, 0.25) is 0 Å². The van der Waals surface area contributed by atoms with Crippen LogP contribution in [0.25, 0.3) is 0 Å². The number of rotatable bonds is 6. The van der Waals surface area contributed by atoms with Crippen LogP contribution in [0.1, 0.15) is 33.1 Å². The summed E-state index contributed by atoms with van der Waals surface area (Å²) in [6.07, 6.45) is 3.71. The third-order valence-electron chi connectivity index (χ3n) is 2.02. The van der Waals surface area contributed by atoms with Gasteiger partial charge in [-0.3, -0.25) is 0 Å². The smallest absolute Gasteiger partial charge is 0.139 e. The third-order valence-corrected chi connectivity index (χ3v) is 2.59. The Balaban J connectivity index is 2.47. The Hall–Kier alpha value is -0.570. The molecule has 2 nitrogen and oxygen atoms in total. The van der Waals surface area contributed by atoms with Crippen LogP contribution in [0.15, 0.2) is 10.9 Å². The number of unbranched alkanes of at least 4 members (excludes halogenated alkanes) is 1. The number of hydrogen-bond donors (Lipinski definition) is 0. The van der Waals surface area contributed by atoms with Crippen molar-refractivity contribution in [1.29, 1.82) is 0 Å². The first-order chi connectivity index (χ1) is 6.38. The normalized spacial score (nSPS) is 10.3. The average molecular weight is 198 g/mol. The van der Waals surface area contributed by atoms with Crippen molar-refractivity contribution in [2.45, 2.75) is 33.1 Å². The molecule has 0 aromatic carbocycles. The van der Waals surface area contributed by atoms with Gasteiger partial charge in [-0.25, -0.2) is 4.98 Å². The molecule has 0 aliphatic heterocycles. The summed E-state index contributed by atoms with van der Waals surface area (Å²) in [7, 11) is 0. The summed E-state index contributed by atoms with van der Waals surface area (Å²) in [5.41, 5.74) is 1.91. The van der Waals surface area contributed by atoms with Gasteiger partial charge in [0, 0.05) is 18.5 Å². The molecule has 0 spiro atoms. The van der Waals surface area contributed by atoms with Crippen LogP contribution in [0.4, 0.5) is 5.82 Å². The molecule has 0 saturated carbocycles. The highest BCUT2D eigenvalue weighted by Gasteiger charge is 2.05. The molecule has 1 rings (SSSR count). The number of nitrogens with zero attached hydrogens (tertiary/aromatic N) is 2. The van der Waals surface area contributed by atoms with Crippen LogP contribution in [-0.2, 0) is 0 Å². The monoisotopic (exact) mass is 198 g/mol. The van der Waals surface area contributed by atoms with Crippen molar-refractivity contribution in [3.63, 3.8) is 0 Å². The van der Waals surface area contributed by atoms with Crippen molar-refractivity contribution in [2.75, 3.05) is 18.0 Å². The van der Waals surface area contributed by atoms with E-state index in [0.717, 1.165) is 18.9 Å². The lowest BCUT2D eigenvalue weighted by Crippen LogP contribution is -2.25. The summed E-state index contributed by atoms with van der Waals surface area (Å²) in [5, 5.41) is 2.13. The van der Waals surface area contributed by atoms with Gasteiger partial charge in [-0.2, -0.15) is 0 Å². The molecule has 0 saturated heterocycles. The molecule has 0 radical (unpaired) electrons. The number of hydrogen-bond acceptors (Lipinski definition) is 3. The Morgan fingerprint density at radius 2 is 2.15 bits per heavy atom. The SMILES string of the molecule is CCCCN(CCC)c1cscn1. The lowest BCUT2D eigenvalue weighted by Gasteiger charge is -2.21.